The van der Waals surface area contributed by atoms with Gasteiger partial charge in [0.1, 0.15) is 0 Å². The molecule has 0 aromatic carbocycles. The van der Waals surface area contributed by atoms with Crippen LogP contribution in [-0.4, -0.2) is 5.75 Å². The molecule has 5 heteroatoms. The van der Waals surface area contributed by atoms with Gasteiger partial charge in [0.2, 0.25) is 0 Å². The van der Waals surface area contributed by atoms with Gasteiger partial charge in [0.25, 0.3) is 0 Å². The van der Waals surface area contributed by atoms with E-state index in [-0.39, 0.29) is 0 Å². The highest BCUT2D eigenvalue weighted by atomic mass is 33.8. The Morgan fingerprint density at radius 3 is 2.75 bits per heavy atom. The first-order valence-corrected chi connectivity index (χ1v) is 9.65. The number of allylic oxidation sites excluding steroid dienone is 4. The predicted octanol–water partition coefficient (Wildman–Crippen LogP) is 4.95. The highest BCUT2D eigenvalue weighted by molar-refractivity contribution is 9.36. The molecular formula is C7H8S5. The molecule has 0 saturated heterocycles. The first kappa shape index (κ1) is 11.0. The number of rotatable bonds is 0. The fourth-order valence-electron chi connectivity index (χ4n) is 0.477. The third-order valence-corrected chi connectivity index (χ3v) is 8.97. The zero-order valence-corrected chi connectivity index (χ0v) is 10.3. The van der Waals surface area contributed by atoms with E-state index in [2.05, 4.69) is 29.7 Å². The topological polar surface area (TPSA) is 0 Å². The van der Waals surface area contributed by atoms with E-state index in [1.807, 2.05) is 36.5 Å². The van der Waals surface area contributed by atoms with E-state index < -0.39 is 0 Å². The lowest BCUT2D eigenvalue weighted by Gasteiger charge is -1.94. The summed E-state index contributed by atoms with van der Waals surface area (Å²) in [5, 5.41) is 2.09. The fraction of sp³-hybridized carbons (Fsp3) is 0.143. The average Bonchev–Trinajstić information content (AvgIpc) is 2.05. The largest absolute Gasteiger partial charge is 0.0775 e. The van der Waals surface area contributed by atoms with Crippen molar-refractivity contribution >= 4 is 51.1 Å². The van der Waals surface area contributed by atoms with Crippen LogP contribution in [0.15, 0.2) is 35.8 Å². The van der Waals surface area contributed by atoms with Crippen LogP contribution in [0.1, 0.15) is 0 Å². The lowest BCUT2D eigenvalue weighted by Crippen LogP contribution is -1.61. The molecule has 12 heavy (non-hydrogen) atoms. The summed E-state index contributed by atoms with van der Waals surface area (Å²) in [6.45, 7) is 0. The molecule has 0 nitrogen and oxygen atoms in total. The molecule has 1 aliphatic rings. The molecule has 0 amide bonds. The normalized spacial score (nSPS) is 20.0. The van der Waals surface area contributed by atoms with Gasteiger partial charge in [-0.05, 0) is 34.9 Å². The lowest BCUT2D eigenvalue weighted by atomic mass is 10.4. The van der Waals surface area contributed by atoms with Crippen molar-refractivity contribution in [1.29, 1.82) is 0 Å². The van der Waals surface area contributed by atoms with Gasteiger partial charge in [0, 0.05) is 5.75 Å². The van der Waals surface area contributed by atoms with Gasteiger partial charge in [0.15, 0.2) is 0 Å². The summed E-state index contributed by atoms with van der Waals surface area (Å²) in [7, 11) is 9.08. The standard InChI is InChI=1S/C7H8S5/c1-2-4-6-8-10-12-11-9-7-5-3-1/h1-6H,7H2. The lowest BCUT2D eigenvalue weighted by molar-refractivity contribution is 1.76. The maximum atomic E-state index is 2.17. The van der Waals surface area contributed by atoms with Crippen molar-refractivity contribution in [2.24, 2.45) is 0 Å². The molecule has 0 bridgehead atoms. The second-order valence-electron chi connectivity index (χ2n) is 1.73. The molecule has 0 unspecified atom stereocenters. The maximum absolute atomic E-state index is 2.17. The van der Waals surface area contributed by atoms with Crippen LogP contribution < -0.4 is 0 Å². The molecular weight excluding hydrogens is 244 g/mol. The smallest absolute Gasteiger partial charge is 0.0229 e. The van der Waals surface area contributed by atoms with E-state index in [1.54, 1.807) is 20.6 Å². The monoisotopic (exact) mass is 252 g/mol. The van der Waals surface area contributed by atoms with E-state index in [9.17, 15) is 0 Å². The molecule has 0 N–H and O–H groups in total. The molecule has 0 saturated carbocycles. The summed E-state index contributed by atoms with van der Waals surface area (Å²) in [5.41, 5.74) is 0. The quantitative estimate of drug-likeness (QED) is 0.558. The summed E-state index contributed by atoms with van der Waals surface area (Å²) in [4.78, 5) is 0. The molecule has 1 aliphatic heterocycles. The minimum absolute atomic E-state index is 1.08. The van der Waals surface area contributed by atoms with Crippen LogP contribution in [0.5, 0.6) is 0 Å². The average molecular weight is 252 g/mol. The van der Waals surface area contributed by atoms with Crippen molar-refractivity contribution in [2.75, 3.05) is 5.75 Å². The van der Waals surface area contributed by atoms with E-state index in [4.69, 9.17) is 0 Å². The molecule has 0 aromatic heterocycles. The van der Waals surface area contributed by atoms with Gasteiger partial charge in [-0.2, -0.15) is 0 Å². The first-order valence-electron chi connectivity index (χ1n) is 3.27. The molecule has 0 atom stereocenters. The van der Waals surface area contributed by atoms with E-state index in [1.165, 1.54) is 0 Å². The summed E-state index contributed by atoms with van der Waals surface area (Å²) >= 11 is 0. The zero-order chi connectivity index (χ0) is 8.49. The Kier molecular flexibility index (Phi) is 7.88. The van der Waals surface area contributed by atoms with Crippen LogP contribution in [0.3, 0.4) is 0 Å². The van der Waals surface area contributed by atoms with Crippen LogP contribution in [0, 0.1) is 0 Å². The SMILES string of the molecule is C1=CC=CSSSSSCC=C1. The summed E-state index contributed by atoms with van der Waals surface area (Å²) in [6.07, 6.45) is 10.4. The predicted molar refractivity (Wildman–Crippen MR) is 70.2 cm³/mol. The fourth-order valence-corrected chi connectivity index (χ4v) is 8.16. The highest BCUT2D eigenvalue weighted by Gasteiger charge is 1.89. The molecule has 66 valence electrons. The summed E-state index contributed by atoms with van der Waals surface area (Å²) in [6, 6.07) is 0. The van der Waals surface area contributed by atoms with Crippen LogP contribution in [0.2, 0.25) is 0 Å². The minimum Gasteiger partial charge on any atom is -0.0775 e. The molecule has 0 aromatic rings. The molecule has 1 rings (SSSR count). The summed E-state index contributed by atoms with van der Waals surface area (Å²) in [5.74, 6) is 1.08. The maximum Gasteiger partial charge on any atom is 0.0229 e. The van der Waals surface area contributed by atoms with Crippen molar-refractivity contribution in [3.8, 4) is 0 Å². The molecule has 0 aliphatic carbocycles. The Bertz CT molecular complexity index is 164. The second-order valence-corrected chi connectivity index (χ2v) is 9.35. The van der Waals surface area contributed by atoms with Crippen LogP contribution in [0.4, 0.5) is 0 Å². The Hall–Kier alpha value is 0.970. The van der Waals surface area contributed by atoms with Crippen molar-refractivity contribution in [3.63, 3.8) is 0 Å². The van der Waals surface area contributed by atoms with Crippen molar-refractivity contribution in [3.05, 3.63) is 35.8 Å². The second kappa shape index (κ2) is 8.56. The van der Waals surface area contributed by atoms with Crippen LogP contribution in [-0.2, 0) is 0 Å². The number of hydrogen-bond acceptors (Lipinski definition) is 5. The Labute approximate surface area is 92.1 Å². The summed E-state index contributed by atoms with van der Waals surface area (Å²) < 4.78 is 0. The number of hydrogen-bond donors (Lipinski definition) is 0. The Morgan fingerprint density at radius 2 is 1.75 bits per heavy atom. The molecule has 0 spiro atoms. The van der Waals surface area contributed by atoms with E-state index >= 15 is 0 Å². The van der Waals surface area contributed by atoms with Crippen molar-refractivity contribution in [1.82, 2.24) is 0 Å². The molecule has 0 radical (unpaired) electrons. The molecule has 0 fully saturated rings. The van der Waals surface area contributed by atoms with Crippen LogP contribution >= 0.6 is 51.1 Å². The van der Waals surface area contributed by atoms with Crippen molar-refractivity contribution < 1.29 is 0 Å². The highest BCUT2D eigenvalue weighted by Crippen LogP contribution is 2.48. The van der Waals surface area contributed by atoms with Gasteiger partial charge in [-0.15, -0.1) is 0 Å². The Balaban J connectivity index is 2.32. The van der Waals surface area contributed by atoms with Gasteiger partial charge < -0.3 is 0 Å². The van der Waals surface area contributed by atoms with E-state index in [0.29, 0.717) is 0 Å². The van der Waals surface area contributed by atoms with Crippen molar-refractivity contribution in [2.45, 2.75) is 0 Å². The van der Waals surface area contributed by atoms with Gasteiger partial charge in [-0.3, -0.25) is 0 Å². The Morgan fingerprint density at radius 1 is 0.833 bits per heavy atom. The van der Waals surface area contributed by atoms with Gasteiger partial charge in [0.05, 0.1) is 0 Å². The first-order chi connectivity index (χ1) is 6.00. The zero-order valence-electron chi connectivity index (χ0n) is 6.21. The van der Waals surface area contributed by atoms with Crippen LogP contribution in [0.25, 0.3) is 0 Å². The third kappa shape index (κ3) is 6.48. The third-order valence-electron chi connectivity index (χ3n) is 0.911. The van der Waals surface area contributed by atoms with Gasteiger partial charge in [-0.25, -0.2) is 0 Å². The molecule has 1 heterocycles. The van der Waals surface area contributed by atoms with Gasteiger partial charge >= 0.3 is 0 Å². The van der Waals surface area contributed by atoms with E-state index in [0.717, 1.165) is 5.75 Å². The van der Waals surface area contributed by atoms with Gasteiger partial charge in [-0.1, -0.05) is 52.0 Å². The minimum atomic E-state index is 1.08.